The molecule has 1 atom stereocenters. The standard InChI is InChI=1S/C24H18ClIO2.C2HF3O2/c25-18-11-12-22(23(17-18)27-20-7-3-1-4-8-20)24(15-13-19(26)14-16-24)28-21-9-5-2-6-10-21;3-2(4,5)1(6)7/h1-15,17H,16H2;(H,6,7). The van der Waals surface area contributed by atoms with Crippen LogP contribution >= 0.6 is 34.2 Å². The molecule has 4 rings (SSSR count). The predicted octanol–water partition coefficient (Wildman–Crippen LogP) is 8.32. The van der Waals surface area contributed by atoms with Gasteiger partial charge in [-0.3, -0.25) is 0 Å². The van der Waals surface area contributed by atoms with Gasteiger partial charge in [-0.25, -0.2) is 4.79 Å². The van der Waals surface area contributed by atoms with E-state index >= 15 is 0 Å². The van der Waals surface area contributed by atoms with Crippen LogP contribution < -0.4 is 9.47 Å². The van der Waals surface area contributed by atoms with Crippen LogP contribution in [0, 0.1) is 0 Å². The number of carboxylic acid groups (broad SMARTS) is 1. The summed E-state index contributed by atoms with van der Waals surface area (Å²) in [5, 5.41) is 7.74. The number of rotatable bonds is 5. The van der Waals surface area contributed by atoms with Gasteiger partial charge in [-0.2, -0.15) is 13.2 Å². The van der Waals surface area contributed by atoms with Gasteiger partial charge in [0.25, 0.3) is 0 Å². The van der Waals surface area contributed by atoms with Gasteiger partial charge in [-0.1, -0.05) is 54.1 Å². The molecule has 0 fully saturated rings. The molecule has 0 saturated heterocycles. The Kier molecular flexibility index (Phi) is 8.85. The van der Waals surface area contributed by atoms with Gasteiger partial charge in [0.2, 0.25) is 0 Å². The SMILES string of the molecule is Clc1ccc(C2(Oc3ccccc3)C=CC(I)=CC2)c(Oc2ccccc2)c1.O=C(O)C(F)(F)F. The molecule has 4 nitrogen and oxygen atoms in total. The lowest BCUT2D eigenvalue weighted by Crippen LogP contribution is -2.32. The highest BCUT2D eigenvalue weighted by atomic mass is 127. The Morgan fingerprint density at radius 1 is 0.971 bits per heavy atom. The molecule has 1 aliphatic carbocycles. The minimum Gasteiger partial charge on any atom is -0.478 e. The molecule has 1 unspecified atom stereocenters. The van der Waals surface area contributed by atoms with Gasteiger partial charge >= 0.3 is 12.1 Å². The molecule has 0 bridgehead atoms. The molecule has 0 amide bonds. The summed E-state index contributed by atoms with van der Waals surface area (Å²) >= 11 is 8.62. The Labute approximate surface area is 218 Å². The van der Waals surface area contributed by atoms with Crippen LogP contribution in [-0.2, 0) is 10.4 Å². The number of aliphatic carboxylic acids is 1. The van der Waals surface area contributed by atoms with E-state index in [4.69, 9.17) is 31.0 Å². The third kappa shape index (κ3) is 7.50. The Hall–Kier alpha value is -2.98. The zero-order valence-corrected chi connectivity index (χ0v) is 20.9. The van der Waals surface area contributed by atoms with Gasteiger partial charge < -0.3 is 14.6 Å². The fourth-order valence-electron chi connectivity index (χ4n) is 3.17. The van der Waals surface area contributed by atoms with Gasteiger partial charge in [0, 0.05) is 20.6 Å². The zero-order valence-electron chi connectivity index (χ0n) is 18.0. The average Bonchev–Trinajstić information content (AvgIpc) is 2.82. The first-order valence-electron chi connectivity index (χ1n) is 10.2. The molecule has 1 aliphatic rings. The minimum absolute atomic E-state index is 0.620. The monoisotopic (exact) mass is 614 g/mol. The van der Waals surface area contributed by atoms with E-state index in [-0.39, 0.29) is 0 Å². The van der Waals surface area contributed by atoms with E-state index in [0.717, 1.165) is 17.1 Å². The lowest BCUT2D eigenvalue weighted by molar-refractivity contribution is -0.192. The van der Waals surface area contributed by atoms with E-state index in [0.29, 0.717) is 17.2 Å². The molecule has 35 heavy (non-hydrogen) atoms. The quantitative estimate of drug-likeness (QED) is 0.294. The second-order valence-corrected chi connectivity index (χ2v) is 8.97. The highest BCUT2D eigenvalue weighted by Gasteiger charge is 2.38. The van der Waals surface area contributed by atoms with Crippen molar-refractivity contribution in [2.45, 2.75) is 18.2 Å². The molecular weight excluding hydrogens is 596 g/mol. The minimum atomic E-state index is -5.08. The first-order valence-corrected chi connectivity index (χ1v) is 11.7. The summed E-state index contributed by atoms with van der Waals surface area (Å²) in [6.45, 7) is 0. The molecule has 3 aromatic carbocycles. The zero-order chi connectivity index (χ0) is 25.5. The molecule has 0 radical (unpaired) electrons. The number of allylic oxidation sites excluding steroid dienone is 2. The van der Waals surface area contributed by atoms with Crippen molar-refractivity contribution in [3.05, 3.63) is 111 Å². The topological polar surface area (TPSA) is 55.8 Å². The van der Waals surface area contributed by atoms with Crippen molar-refractivity contribution < 1.29 is 32.5 Å². The van der Waals surface area contributed by atoms with Crippen LogP contribution in [0.15, 0.2) is 101 Å². The number of halogens is 5. The van der Waals surface area contributed by atoms with Crippen LogP contribution in [0.3, 0.4) is 0 Å². The van der Waals surface area contributed by atoms with E-state index in [2.05, 4.69) is 40.8 Å². The highest BCUT2D eigenvalue weighted by Crippen LogP contribution is 2.43. The van der Waals surface area contributed by atoms with Crippen LogP contribution in [0.25, 0.3) is 0 Å². The van der Waals surface area contributed by atoms with Crippen molar-refractivity contribution in [3.63, 3.8) is 0 Å². The maximum atomic E-state index is 10.6. The van der Waals surface area contributed by atoms with E-state index in [1.807, 2.05) is 78.9 Å². The van der Waals surface area contributed by atoms with Crippen molar-refractivity contribution in [1.29, 1.82) is 0 Å². The molecule has 182 valence electrons. The number of carbonyl (C=O) groups is 1. The van der Waals surface area contributed by atoms with Gasteiger partial charge in [0.15, 0.2) is 5.60 Å². The third-order valence-corrected chi connectivity index (χ3v) is 5.80. The van der Waals surface area contributed by atoms with Crippen molar-refractivity contribution in [2.75, 3.05) is 0 Å². The van der Waals surface area contributed by atoms with E-state index < -0.39 is 17.7 Å². The van der Waals surface area contributed by atoms with Gasteiger partial charge in [-0.05, 0) is 77.2 Å². The maximum Gasteiger partial charge on any atom is 0.490 e. The summed E-state index contributed by atoms with van der Waals surface area (Å²) in [5.41, 5.74) is 0.256. The summed E-state index contributed by atoms with van der Waals surface area (Å²) < 4.78 is 45.7. The smallest absolute Gasteiger partial charge is 0.478 e. The van der Waals surface area contributed by atoms with Gasteiger partial charge in [0.1, 0.15) is 17.2 Å². The maximum absolute atomic E-state index is 10.6. The highest BCUT2D eigenvalue weighted by molar-refractivity contribution is 14.1. The number of ether oxygens (including phenoxy) is 2. The fourth-order valence-corrected chi connectivity index (χ4v) is 3.74. The lowest BCUT2D eigenvalue weighted by atomic mass is 9.86. The van der Waals surface area contributed by atoms with Crippen molar-refractivity contribution >= 4 is 40.2 Å². The number of hydrogen-bond donors (Lipinski definition) is 1. The molecule has 9 heteroatoms. The molecule has 1 N–H and O–H groups in total. The van der Waals surface area contributed by atoms with Crippen LogP contribution in [0.5, 0.6) is 17.2 Å². The van der Waals surface area contributed by atoms with Crippen molar-refractivity contribution in [2.24, 2.45) is 0 Å². The fraction of sp³-hybridized carbons (Fsp3) is 0.115. The van der Waals surface area contributed by atoms with E-state index in [1.165, 1.54) is 3.58 Å². The molecule has 0 saturated carbocycles. The number of alkyl halides is 3. The summed E-state index contributed by atoms with van der Waals surface area (Å²) in [7, 11) is 0. The summed E-state index contributed by atoms with van der Waals surface area (Å²) in [4.78, 5) is 8.90. The summed E-state index contributed by atoms with van der Waals surface area (Å²) in [5.74, 6) is -0.513. The van der Waals surface area contributed by atoms with Crippen LogP contribution in [0.1, 0.15) is 12.0 Å². The van der Waals surface area contributed by atoms with Crippen molar-refractivity contribution in [1.82, 2.24) is 0 Å². The molecule has 0 aromatic heterocycles. The molecule has 0 aliphatic heterocycles. The largest absolute Gasteiger partial charge is 0.490 e. The predicted molar refractivity (Wildman–Crippen MR) is 136 cm³/mol. The second kappa shape index (κ2) is 11.6. The van der Waals surface area contributed by atoms with Crippen LogP contribution in [0.4, 0.5) is 13.2 Å². The average molecular weight is 615 g/mol. The molecular formula is C26H19ClF3IO4. The lowest BCUT2D eigenvalue weighted by Gasteiger charge is -2.34. The molecule has 0 spiro atoms. The van der Waals surface area contributed by atoms with E-state index in [9.17, 15) is 13.2 Å². The Morgan fingerprint density at radius 2 is 1.54 bits per heavy atom. The summed E-state index contributed by atoms with van der Waals surface area (Å²) in [6.07, 6.45) is 1.96. The molecule has 0 heterocycles. The number of benzene rings is 3. The normalized spacial score (nSPS) is 17.0. The number of carboxylic acids is 1. The Bertz CT molecular complexity index is 1210. The summed E-state index contributed by atoms with van der Waals surface area (Å²) in [6, 6.07) is 25.3. The van der Waals surface area contributed by atoms with Crippen LogP contribution in [0.2, 0.25) is 5.02 Å². The third-order valence-electron chi connectivity index (χ3n) is 4.77. The van der Waals surface area contributed by atoms with E-state index in [1.54, 1.807) is 0 Å². The Balaban J connectivity index is 0.000000429. The van der Waals surface area contributed by atoms with Crippen LogP contribution in [-0.4, -0.2) is 17.3 Å². The molecule has 3 aromatic rings. The first-order chi connectivity index (χ1) is 16.6. The second-order valence-electron chi connectivity index (χ2n) is 7.29. The Morgan fingerprint density at radius 3 is 2.06 bits per heavy atom. The van der Waals surface area contributed by atoms with Crippen molar-refractivity contribution in [3.8, 4) is 17.2 Å². The van der Waals surface area contributed by atoms with Gasteiger partial charge in [0.05, 0.1) is 0 Å². The number of para-hydroxylation sites is 2. The first kappa shape index (κ1) is 26.6. The number of hydrogen-bond acceptors (Lipinski definition) is 3. The van der Waals surface area contributed by atoms with Gasteiger partial charge in [-0.15, -0.1) is 0 Å².